The predicted octanol–water partition coefficient (Wildman–Crippen LogP) is 12.9. The number of hydrogen-bond donors (Lipinski definition) is 0. The van der Waals surface area contributed by atoms with Gasteiger partial charge in [0.05, 0.1) is 11.1 Å². The third-order valence-corrected chi connectivity index (χ3v) is 9.43. The molecule has 10 rings (SSSR count). The molecule has 0 radical (unpaired) electrons. The highest BCUT2D eigenvalue weighted by Crippen LogP contribution is 2.51. The van der Waals surface area contributed by atoms with Crippen LogP contribution < -0.4 is 4.90 Å². The van der Waals surface area contributed by atoms with Crippen LogP contribution in [0.15, 0.2) is 173 Å². The number of anilines is 3. The molecule has 47 heavy (non-hydrogen) atoms. The Labute approximate surface area is 270 Å². The third kappa shape index (κ3) is 3.87. The van der Waals surface area contributed by atoms with Crippen LogP contribution in [-0.4, -0.2) is 0 Å². The van der Waals surface area contributed by atoms with Crippen LogP contribution >= 0.6 is 0 Å². The van der Waals surface area contributed by atoms with Crippen molar-refractivity contribution in [3.63, 3.8) is 0 Å². The smallest absolute Gasteiger partial charge is 0.143 e. The van der Waals surface area contributed by atoms with Gasteiger partial charge in [-0.05, 0) is 64.2 Å². The van der Waals surface area contributed by atoms with Crippen molar-refractivity contribution in [2.24, 2.45) is 0 Å². The van der Waals surface area contributed by atoms with Crippen molar-refractivity contribution in [1.29, 1.82) is 0 Å². The molecule has 0 N–H and O–H groups in total. The van der Waals surface area contributed by atoms with Gasteiger partial charge in [-0.2, -0.15) is 0 Å². The molecule has 0 unspecified atom stereocenters. The minimum atomic E-state index is 0.849. The standard InChI is InChI=1S/C44H27NO2/c1-3-13-28(14-4-1)31-25-26-39-42(41-36-20-9-7-17-32(36)33-18-8-10-21-37(33)44(41)47-39)43(31)45(29-15-5-2-6-16-29)30-23-24-35-34-19-11-12-22-38(34)46-40(35)27-30/h1-27H. The monoisotopic (exact) mass is 601 g/mol. The lowest BCUT2D eigenvalue weighted by molar-refractivity contribution is 0.669. The summed E-state index contributed by atoms with van der Waals surface area (Å²) in [4.78, 5) is 2.37. The van der Waals surface area contributed by atoms with Crippen LogP contribution in [0.3, 0.4) is 0 Å². The van der Waals surface area contributed by atoms with Gasteiger partial charge in [-0.3, -0.25) is 0 Å². The molecular weight excluding hydrogens is 574 g/mol. The maximum absolute atomic E-state index is 6.89. The molecule has 10 aromatic rings. The first-order valence-corrected chi connectivity index (χ1v) is 15.9. The third-order valence-electron chi connectivity index (χ3n) is 9.43. The molecule has 0 aliphatic carbocycles. The van der Waals surface area contributed by atoms with E-state index in [1.165, 1.54) is 16.2 Å². The molecule has 0 saturated heterocycles. The van der Waals surface area contributed by atoms with E-state index in [2.05, 4.69) is 157 Å². The number of furan rings is 2. The molecule has 8 aromatic carbocycles. The van der Waals surface area contributed by atoms with Gasteiger partial charge in [-0.15, -0.1) is 0 Å². The molecular formula is C44H27NO2. The van der Waals surface area contributed by atoms with Gasteiger partial charge in [-0.1, -0.05) is 115 Å². The highest BCUT2D eigenvalue weighted by atomic mass is 16.3. The first kappa shape index (κ1) is 26.0. The van der Waals surface area contributed by atoms with E-state index in [4.69, 9.17) is 8.83 Å². The van der Waals surface area contributed by atoms with Gasteiger partial charge in [-0.25, -0.2) is 0 Å². The Morgan fingerprint density at radius 1 is 0.362 bits per heavy atom. The predicted molar refractivity (Wildman–Crippen MR) is 196 cm³/mol. The normalized spacial score (nSPS) is 11.8. The second kappa shape index (κ2) is 10.1. The molecule has 2 aromatic heterocycles. The largest absolute Gasteiger partial charge is 0.456 e. The van der Waals surface area contributed by atoms with Crippen LogP contribution in [0.25, 0.3) is 76.5 Å². The number of benzene rings is 8. The maximum atomic E-state index is 6.89. The molecule has 0 spiro atoms. The first-order valence-electron chi connectivity index (χ1n) is 15.9. The summed E-state index contributed by atoms with van der Waals surface area (Å²) in [6.07, 6.45) is 0. The zero-order chi connectivity index (χ0) is 30.9. The van der Waals surface area contributed by atoms with Crippen molar-refractivity contribution < 1.29 is 8.83 Å². The minimum absolute atomic E-state index is 0.849. The van der Waals surface area contributed by atoms with Crippen LogP contribution in [0.4, 0.5) is 17.1 Å². The van der Waals surface area contributed by atoms with Crippen molar-refractivity contribution in [2.45, 2.75) is 0 Å². The Hall–Kier alpha value is -6.32. The summed E-state index contributed by atoms with van der Waals surface area (Å²) in [6.45, 7) is 0. The van der Waals surface area contributed by atoms with E-state index in [0.717, 1.165) is 77.5 Å². The summed E-state index contributed by atoms with van der Waals surface area (Å²) >= 11 is 0. The zero-order valence-corrected chi connectivity index (χ0v) is 25.4. The molecule has 0 saturated carbocycles. The molecule has 0 amide bonds. The fourth-order valence-electron chi connectivity index (χ4n) is 7.39. The number of rotatable bonds is 4. The molecule has 3 nitrogen and oxygen atoms in total. The average Bonchev–Trinajstić information content (AvgIpc) is 3.72. The second-order valence-electron chi connectivity index (χ2n) is 12.0. The van der Waals surface area contributed by atoms with Crippen molar-refractivity contribution in [1.82, 2.24) is 0 Å². The van der Waals surface area contributed by atoms with E-state index < -0.39 is 0 Å². The van der Waals surface area contributed by atoms with Gasteiger partial charge in [0.25, 0.3) is 0 Å². The lowest BCUT2D eigenvalue weighted by Crippen LogP contribution is -2.11. The molecule has 0 fully saturated rings. The Morgan fingerprint density at radius 3 is 1.77 bits per heavy atom. The first-order chi connectivity index (χ1) is 23.3. The van der Waals surface area contributed by atoms with Gasteiger partial charge in [0, 0.05) is 44.5 Å². The van der Waals surface area contributed by atoms with Gasteiger partial charge in [0.1, 0.15) is 22.3 Å². The van der Waals surface area contributed by atoms with Gasteiger partial charge in [0.15, 0.2) is 0 Å². The Kier molecular flexibility index (Phi) is 5.57. The number of fused-ring (bicyclic) bond motifs is 11. The zero-order valence-electron chi connectivity index (χ0n) is 25.4. The Bertz CT molecular complexity index is 2790. The van der Waals surface area contributed by atoms with Gasteiger partial charge >= 0.3 is 0 Å². The van der Waals surface area contributed by atoms with Crippen LogP contribution in [0.2, 0.25) is 0 Å². The summed E-state index contributed by atoms with van der Waals surface area (Å²) in [5.74, 6) is 0. The Balaban J connectivity index is 1.39. The van der Waals surface area contributed by atoms with Crippen LogP contribution in [0.1, 0.15) is 0 Å². The van der Waals surface area contributed by atoms with Crippen LogP contribution in [0, 0.1) is 0 Å². The van der Waals surface area contributed by atoms with Crippen LogP contribution in [0.5, 0.6) is 0 Å². The molecule has 220 valence electrons. The van der Waals surface area contributed by atoms with Crippen LogP contribution in [-0.2, 0) is 0 Å². The molecule has 3 heteroatoms. The lowest BCUT2D eigenvalue weighted by atomic mass is 9.93. The van der Waals surface area contributed by atoms with E-state index in [9.17, 15) is 0 Å². The second-order valence-corrected chi connectivity index (χ2v) is 12.0. The highest BCUT2D eigenvalue weighted by Gasteiger charge is 2.26. The minimum Gasteiger partial charge on any atom is -0.456 e. The number of hydrogen-bond acceptors (Lipinski definition) is 3. The summed E-state index contributed by atoms with van der Waals surface area (Å²) in [6, 6.07) is 57.7. The van der Waals surface area contributed by atoms with E-state index in [0.29, 0.717) is 0 Å². The van der Waals surface area contributed by atoms with Crippen molar-refractivity contribution in [3.8, 4) is 11.1 Å². The fraction of sp³-hybridized carbons (Fsp3) is 0. The fourth-order valence-corrected chi connectivity index (χ4v) is 7.39. The number of nitrogens with zero attached hydrogens (tertiary/aromatic N) is 1. The van der Waals surface area contributed by atoms with Gasteiger partial charge < -0.3 is 13.7 Å². The quantitative estimate of drug-likeness (QED) is 0.188. The van der Waals surface area contributed by atoms with E-state index in [1.807, 2.05) is 12.1 Å². The molecule has 0 atom stereocenters. The summed E-state index contributed by atoms with van der Waals surface area (Å²) in [5.41, 5.74) is 8.86. The molecule has 2 heterocycles. The molecule has 0 aliphatic heterocycles. The van der Waals surface area contributed by atoms with E-state index in [1.54, 1.807) is 0 Å². The maximum Gasteiger partial charge on any atom is 0.143 e. The summed E-state index contributed by atoms with van der Waals surface area (Å²) < 4.78 is 13.3. The average molecular weight is 602 g/mol. The lowest BCUT2D eigenvalue weighted by Gasteiger charge is -2.28. The van der Waals surface area contributed by atoms with Crippen molar-refractivity contribution in [3.05, 3.63) is 164 Å². The van der Waals surface area contributed by atoms with Crippen molar-refractivity contribution >= 4 is 82.5 Å². The summed E-state index contributed by atoms with van der Waals surface area (Å²) in [7, 11) is 0. The SMILES string of the molecule is c1ccc(-c2ccc3oc4c5ccccc5c5ccccc5c4c3c2N(c2ccccc2)c2ccc3c(c2)oc2ccccc23)cc1. The highest BCUT2D eigenvalue weighted by molar-refractivity contribution is 6.33. The summed E-state index contributed by atoms with van der Waals surface area (Å²) in [5, 5.41) is 9.10. The number of para-hydroxylation sites is 2. The van der Waals surface area contributed by atoms with E-state index in [-0.39, 0.29) is 0 Å². The Morgan fingerprint density at radius 2 is 0.979 bits per heavy atom. The van der Waals surface area contributed by atoms with E-state index >= 15 is 0 Å². The van der Waals surface area contributed by atoms with Crippen molar-refractivity contribution in [2.75, 3.05) is 4.90 Å². The molecule has 0 aliphatic rings. The molecule has 0 bridgehead atoms. The topological polar surface area (TPSA) is 29.5 Å². The van der Waals surface area contributed by atoms with Gasteiger partial charge in [0.2, 0.25) is 0 Å².